The molecule has 2 saturated carbocycles. The molecule has 16 nitrogen and oxygen atoms in total. The molecular weight excluding hydrogens is 770 g/mol. The minimum Gasteiger partial charge on any atom is -0.456 e. The van der Waals surface area contributed by atoms with Crippen LogP contribution in [0, 0.1) is 16.7 Å². The van der Waals surface area contributed by atoms with Gasteiger partial charge >= 0.3 is 30.0 Å². The Bertz CT molecular complexity index is 2020. The lowest BCUT2D eigenvalue weighted by atomic mass is 9.44. The SMILES string of the molecule is CCOC(=O)NC(c1ccccc1)C(O)C(=O)OC1CC2(O)C(OC(=O)c3ccccc3)C3[C@]4(OC(C)=O)COC4CC(O)[C@@]3(C)C(=O)C(OC(C)=O)C(=C1C)C2(C)C. The molecular formula is C43H51NO15. The number of hydrogen-bond acceptors (Lipinski definition) is 15. The number of alkyl carbamates (subject to hydrolysis) is 1. The van der Waals surface area contributed by atoms with Crippen molar-refractivity contribution in [3.63, 3.8) is 0 Å². The molecule has 3 aliphatic carbocycles. The second-order valence-electron chi connectivity index (χ2n) is 16.4. The van der Waals surface area contributed by atoms with Gasteiger partial charge in [-0.3, -0.25) is 14.4 Å². The zero-order valence-corrected chi connectivity index (χ0v) is 34.0. The molecule has 1 heterocycles. The molecule has 59 heavy (non-hydrogen) atoms. The molecule has 2 bridgehead atoms. The van der Waals surface area contributed by atoms with Gasteiger partial charge in [0.1, 0.15) is 23.9 Å². The van der Waals surface area contributed by atoms with E-state index in [1.54, 1.807) is 69.3 Å². The largest absolute Gasteiger partial charge is 0.456 e. The van der Waals surface area contributed by atoms with Crippen LogP contribution in [-0.4, -0.2) is 112 Å². The molecule has 3 fully saturated rings. The maximum Gasteiger partial charge on any atom is 0.407 e. The average Bonchev–Trinajstić information content (AvgIpc) is 3.18. The Labute approximate surface area is 341 Å². The molecule has 1 amide bonds. The minimum absolute atomic E-state index is 0.00198. The molecule has 4 N–H and O–H groups in total. The Morgan fingerprint density at radius 1 is 0.932 bits per heavy atom. The van der Waals surface area contributed by atoms with Crippen molar-refractivity contribution in [3.8, 4) is 0 Å². The van der Waals surface area contributed by atoms with Gasteiger partial charge in [-0.25, -0.2) is 14.4 Å². The van der Waals surface area contributed by atoms with Crippen molar-refractivity contribution in [1.82, 2.24) is 5.32 Å². The smallest absolute Gasteiger partial charge is 0.407 e. The van der Waals surface area contributed by atoms with Crippen LogP contribution < -0.4 is 5.32 Å². The van der Waals surface area contributed by atoms with Gasteiger partial charge in [0.2, 0.25) is 0 Å². The number of rotatable bonds is 10. The van der Waals surface area contributed by atoms with Gasteiger partial charge in [-0.2, -0.15) is 0 Å². The fourth-order valence-corrected chi connectivity index (χ4v) is 9.67. The lowest BCUT2D eigenvalue weighted by molar-refractivity contribution is -0.346. The van der Waals surface area contributed by atoms with Gasteiger partial charge in [0.15, 0.2) is 23.6 Å². The van der Waals surface area contributed by atoms with E-state index in [-0.39, 0.29) is 36.3 Å². The van der Waals surface area contributed by atoms with Crippen LogP contribution in [0.4, 0.5) is 4.79 Å². The van der Waals surface area contributed by atoms with Gasteiger partial charge in [-0.1, -0.05) is 62.4 Å². The number of carbonyl (C=O) groups is 6. The van der Waals surface area contributed by atoms with Crippen molar-refractivity contribution in [2.24, 2.45) is 16.7 Å². The van der Waals surface area contributed by atoms with Gasteiger partial charge in [0.05, 0.1) is 42.3 Å². The van der Waals surface area contributed by atoms with Crippen LogP contribution in [0.2, 0.25) is 0 Å². The molecule has 0 radical (unpaired) electrons. The Kier molecular flexibility index (Phi) is 11.9. The van der Waals surface area contributed by atoms with E-state index < -0.39 is 113 Å². The van der Waals surface area contributed by atoms with E-state index in [0.29, 0.717) is 5.56 Å². The maximum absolute atomic E-state index is 15.4. The summed E-state index contributed by atoms with van der Waals surface area (Å²) >= 11 is 0. The third-order valence-electron chi connectivity index (χ3n) is 12.7. The van der Waals surface area contributed by atoms with Crippen LogP contribution >= 0.6 is 0 Å². The second-order valence-corrected chi connectivity index (χ2v) is 16.4. The number of amides is 1. The highest BCUT2D eigenvalue weighted by atomic mass is 16.6. The van der Waals surface area contributed by atoms with Gasteiger partial charge in [-0.15, -0.1) is 0 Å². The number of nitrogens with one attached hydrogen (secondary N) is 1. The predicted octanol–water partition coefficient (Wildman–Crippen LogP) is 3.05. The summed E-state index contributed by atoms with van der Waals surface area (Å²) in [6.07, 6.45) is -11.5. The van der Waals surface area contributed by atoms with Crippen LogP contribution in [0.3, 0.4) is 0 Å². The third kappa shape index (κ3) is 7.29. The highest BCUT2D eigenvalue weighted by Crippen LogP contribution is 2.64. The lowest BCUT2D eigenvalue weighted by Crippen LogP contribution is -2.82. The fourth-order valence-electron chi connectivity index (χ4n) is 9.67. The monoisotopic (exact) mass is 821 g/mol. The molecule has 0 spiro atoms. The zero-order valence-electron chi connectivity index (χ0n) is 34.0. The number of hydrogen-bond donors (Lipinski definition) is 4. The first-order chi connectivity index (χ1) is 27.7. The van der Waals surface area contributed by atoms with Crippen LogP contribution in [0.15, 0.2) is 71.8 Å². The van der Waals surface area contributed by atoms with Gasteiger partial charge in [0, 0.05) is 32.1 Å². The number of aliphatic hydroxyl groups is 3. The number of fused-ring (bicyclic) bond motifs is 5. The molecule has 2 aromatic carbocycles. The quantitative estimate of drug-likeness (QED) is 0.153. The van der Waals surface area contributed by atoms with Crippen LogP contribution in [0.5, 0.6) is 0 Å². The van der Waals surface area contributed by atoms with Crippen molar-refractivity contribution in [2.45, 2.75) is 115 Å². The molecule has 318 valence electrons. The third-order valence-corrected chi connectivity index (χ3v) is 12.7. The van der Waals surface area contributed by atoms with Crippen molar-refractivity contribution < 1.29 is 72.5 Å². The summed E-state index contributed by atoms with van der Waals surface area (Å²) in [5.41, 5.74) is -7.33. The molecule has 0 aromatic heterocycles. The van der Waals surface area contributed by atoms with Gasteiger partial charge in [0.25, 0.3) is 0 Å². The van der Waals surface area contributed by atoms with Crippen LogP contribution in [-0.2, 0) is 47.6 Å². The summed E-state index contributed by atoms with van der Waals surface area (Å²) in [4.78, 5) is 82.2. The molecule has 1 saturated heterocycles. The fraction of sp³-hybridized carbons (Fsp3) is 0.535. The molecule has 2 aromatic rings. The molecule has 11 atom stereocenters. The number of Topliss-reactive ketones (excluding diaryl/α,β-unsaturated/α-hetero) is 1. The molecule has 9 unspecified atom stereocenters. The molecule has 6 rings (SSSR count). The first-order valence-corrected chi connectivity index (χ1v) is 19.5. The molecule has 16 heteroatoms. The number of benzene rings is 2. The van der Waals surface area contributed by atoms with E-state index in [1.807, 2.05) is 0 Å². The van der Waals surface area contributed by atoms with E-state index in [1.165, 1.54) is 26.0 Å². The Balaban J connectivity index is 1.55. The molecule has 4 aliphatic rings. The first kappa shape index (κ1) is 43.4. The Morgan fingerprint density at radius 3 is 2.12 bits per heavy atom. The predicted molar refractivity (Wildman–Crippen MR) is 204 cm³/mol. The lowest BCUT2D eigenvalue weighted by Gasteiger charge is -2.67. The van der Waals surface area contributed by atoms with Crippen molar-refractivity contribution in [1.29, 1.82) is 0 Å². The summed E-state index contributed by atoms with van der Waals surface area (Å²) in [6.45, 7) is 9.50. The van der Waals surface area contributed by atoms with Crippen molar-refractivity contribution >= 4 is 35.8 Å². The number of esters is 4. The van der Waals surface area contributed by atoms with Gasteiger partial charge < -0.3 is 49.1 Å². The van der Waals surface area contributed by atoms with E-state index >= 15 is 4.79 Å². The molecule has 1 aliphatic heterocycles. The van der Waals surface area contributed by atoms with Gasteiger partial charge in [-0.05, 0) is 49.6 Å². The summed E-state index contributed by atoms with van der Waals surface area (Å²) in [5, 5.41) is 39.6. The zero-order chi connectivity index (χ0) is 43.2. The maximum atomic E-state index is 15.4. The normalized spacial score (nSPS) is 32.9. The Morgan fingerprint density at radius 2 is 1.56 bits per heavy atom. The number of carbonyl (C=O) groups excluding carboxylic acids is 6. The van der Waals surface area contributed by atoms with Crippen molar-refractivity contribution in [2.75, 3.05) is 13.2 Å². The summed E-state index contributed by atoms with van der Waals surface area (Å²) < 4.78 is 35.1. The van der Waals surface area contributed by atoms with E-state index in [2.05, 4.69) is 5.32 Å². The van der Waals surface area contributed by atoms with E-state index in [9.17, 15) is 39.3 Å². The van der Waals surface area contributed by atoms with E-state index in [0.717, 1.165) is 13.8 Å². The summed E-state index contributed by atoms with van der Waals surface area (Å²) in [6, 6.07) is 14.5. The minimum atomic E-state index is -2.39. The number of aliphatic hydroxyl groups excluding tert-OH is 2. The number of ether oxygens (including phenoxy) is 6. The first-order valence-electron chi connectivity index (χ1n) is 19.5. The standard InChI is InChI=1S/C43H51NO15/c1-8-54-39(52)44-31(25-15-11-9-12-16-25)32(48)38(51)57-27-20-43(53)36(58-37(50)26-17-13-10-14-18-26)34-41(7,28(47)19-29-42(34,21-55-29)59-24(4)46)35(49)33(56-23(3)45)30(22(27)2)40(43,5)6/h9-18,27-29,31-34,36,47-48,53H,8,19-21H2,1-7H3,(H,44,52)/t27?,28?,29?,31?,32?,33?,34?,36?,41-,42+,43?/m1/s1. The highest BCUT2D eigenvalue weighted by molar-refractivity contribution is 5.95. The van der Waals surface area contributed by atoms with Crippen LogP contribution in [0.1, 0.15) is 83.3 Å². The highest BCUT2D eigenvalue weighted by Gasteiger charge is 2.78. The second kappa shape index (κ2) is 16.1. The summed E-state index contributed by atoms with van der Waals surface area (Å²) in [5.74, 6) is -6.29. The topological polar surface area (TPSA) is 231 Å². The Hall–Kier alpha value is -5.16. The van der Waals surface area contributed by atoms with Crippen LogP contribution in [0.25, 0.3) is 0 Å². The van der Waals surface area contributed by atoms with Crippen molar-refractivity contribution in [3.05, 3.63) is 82.9 Å². The van der Waals surface area contributed by atoms with E-state index in [4.69, 9.17) is 28.4 Å². The number of ketones is 1. The summed E-state index contributed by atoms with van der Waals surface area (Å²) in [7, 11) is 0. The average molecular weight is 822 g/mol.